The standard InChI is InChI=1S/C29H42N4O4/c1-4-5-11-24(30)27(35)32-26(19-22-12-14-23(34)15-13-22)29(37)33-25(18-20(2)3)28(36)31-17-16-21-9-7-6-8-10-21/h6-10,12-15,20,24-26,34H,4-5,11,16-19,30H2,1-3H3,(H,31,36)(H,32,35)(H,33,37)/t24-,25-,26-/m0/s1. The fraction of sp³-hybridized carbons (Fsp3) is 0.483. The van der Waals surface area contributed by atoms with E-state index in [9.17, 15) is 19.5 Å². The molecule has 8 nitrogen and oxygen atoms in total. The summed E-state index contributed by atoms with van der Waals surface area (Å²) in [5, 5.41) is 18.2. The summed E-state index contributed by atoms with van der Waals surface area (Å²) in [5.74, 6) is -0.835. The largest absolute Gasteiger partial charge is 0.508 e. The Morgan fingerprint density at radius 3 is 2.14 bits per heavy atom. The van der Waals surface area contributed by atoms with Gasteiger partial charge in [-0.05, 0) is 48.4 Å². The van der Waals surface area contributed by atoms with E-state index in [1.54, 1.807) is 12.1 Å². The van der Waals surface area contributed by atoms with E-state index in [2.05, 4.69) is 16.0 Å². The van der Waals surface area contributed by atoms with Crippen molar-refractivity contribution in [3.05, 3.63) is 65.7 Å². The van der Waals surface area contributed by atoms with E-state index >= 15 is 0 Å². The molecule has 0 saturated carbocycles. The van der Waals surface area contributed by atoms with Crippen molar-refractivity contribution in [1.82, 2.24) is 16.0 Å². The average molecular weight is 511 g/mol. The van der Waals surface area contributed by atoms with Crippen molar-refractivity contribution in [2.24, 2.45) is 11.7 Å². The van der Waals surface area contributed by atoms with Crippen LogP contribution < -0.4 is 21.7 Å². The fourth-order valence-corrected chi connectivity index (χ4v) is 3.98. The first kappa shape index (κ1) is 29.8. The lowest BCUT2D eigenvalue weighted by Crippen LogP contribution is -2.56. The molecule has 0 fully saturated rings. The molecule has 0 saturated heterocycles. The van der Waals surface area contributed by atoms with Crippen molar-refractivity contribution >= 4 is 17.7 Å². The maximum absolute atomic E-state index is 13.4. The molecule has 0 bridgehead atoms. The Bertz CT molecular complexity index is 979. The van der Waals surface area contributed by atoms with Crippen LogP contribution in [0, 0.1) is 5.92 Å². The van der Waals surface area contributed by atoms with Gasteiger partial charge >= 0.3 is 0 Å². The summed E-state index contributed by atoms with van der Waals surface area (Å²) < 4.78 is 0. The second-order valence-electron chi connectivity index (χ2n) is 9.90. The van der Waals surface area contributed by atoms with E-state index in [1.165, 1.54) is 12.1 Å². The quantitative estimate of drug-likeness (QED) is 0.251. The number of rotatable bonds is 15. The Labute approximate surface area is 220 Å². The monoisotopic (exact) mass is 510 g/mol. The summed E-state index contributed by atoms with van der Waals surface area (Å²) in [5.41, 5.74) is 7.91. The highest BCUT2D eigenvalue weighted by Gasteiger charge is 2.28. The number of carbonyl (C=O) groups is 3. The van der Waals surface area contributed by atoms with Crippen LogP contribution in [0.25, 0.3) is 0 Å². The Morgan fingerprint density at radius 2 is 1.51 bits per heavy atom. The molecular formula is C29H42N4O4. The van der Waals surface area contributed by atoms with Crippen molar-refractivity contribution in [3.8, 4) is 5.75 Å². The van der Waals surface area contributed by atoms with Gasteiger partial charge in [0.1, 0.15) is 17.8 Å². The van der Waals surface area contributed by atoms with Gasteiger partial charge < -0.3 is 26.8 Å². The molecule has 2 aromatic carbocycles. The van der Waals surface area contributed by atoms with Crippen LogP contribution >= 0.6 is 0 Å². The molecule has 0 unspecified atom stereocenters. The number of carbonyl (C=O) groups excluding carboxylic acids is 3. The number of amides is 3. The zero-order chi connectivity index (χ0) is 27.2. The number of hydrogen-bond acceptors (Lipinski definition) is 5. The smallest absolute Gasteiger partial charge is 0.243 e. The van der Waals surface area contributed by atoms with Crippen LogP contribution in [-0.4, -0.2) is 47.5 Å². The highest BCUT2D eigenvalue weighted by Crippen LogP contribution is 2.13. The number of unbranched alkanes of at least 4 members (excludes halogenated alkanes) is 1. The molecule has 0 aliphatic heterocycles. The van der Waals surface area contributed by atoms with Gasteiger partial charge in [-0.2, -0.15) is 0 Å². The summed E-state index contributed by atoms with van der Waals surface area (Å²) in [6, 6.07) is 13.9. The first-order valence-electron chi connectivity index (χ1n) is 13.2. The van der Waals surface area contributed by atoms with Gasteiger partial charge in [-0.3, -0.25) is 14.4 Å². The van der Waals surface area contributed by atoms with Crippen molar-refractivity contribution in [2.45, 2.75) is 77.4 Å². The summed E-state index contributed by atoms with van der Waals surface area (Å²) >= 11 is 0. The van der Waals surface area contributed by atoms with Gasteiger partial charge in [-0.15, -0.1) is 0 Å². The third-order valence-electron chi connectivity index (χ3n) is 6.11. The average Bonchev–Trinajstić information content (AvgIpc) is 2.87. The van der Waals surface area contributed by atoms with Crippen molar-refractivity contribution < 1.29 is 19.5 Å². The van der Waals surface area contributed by atoms with E-state index in [1.807, 2.05) is 51.1 Å². The third-order valence-corrected chi connectivity index (χ3v) is 6.11. The molecule has 0 aromatic heterocycles. The Hall–Kier alpha value is -3.39. The number of hydrogen-bond donors (Lipinski definition) is 5. The van der Waals surface area contributed by atoms with E-state index < -0.39 is 29.9 Å². The maximum atomic E-state index is 13.4. The minimum atomic E-state index is -0.920. The lowest BCUT2D eigenvalue weighted by Gasteiger charge is -2.25. The molecule has 0 aliphatic carbocycles. The molecule has 8 heteroatoms. The van der Waals surface area contributed by atoms with Crippen LogP contribution in [-0.2, 0) is 27.2 Å². The number of nitrogens with two attached hydrogens (primary N) is 1. The van der Waals surface area contributed by atoms with Crippen LogP contribution in [0.5, 0.6) is 5.75 Å². The van der Waals surface area contributed by atoms with Gasteiger partial charge in [0.25, 0.3) is 0 Å². The van der Waals surface area contributed by atoms with Crippen LogP contribution in [0.3, 0.4) is 0 Å². The predicted octanol–water partition coefficient (Wildman–Crippen LogP) is 2.83. The Balaban J connectivity index is 2.10. The maximum Gasteiger partial charge on any atom is 0.243 e. The lowest BCUT2D eigenvalue weighted by molar-refractivity contribution is -0.132. The zero-order valence-electron chi connectivity index (χ0n) is 22.2. The normalized spacial score (nSPS) is 13.4. The third kappa shape index (κ3) is 11.0. The van der Waals surface area contributed by atoms with Crippen molar-refractivity contribution in [3.63, 3.8) is 0 Å². The van der Waals surface area contributed by atoms with Crippen LogP contribution in [0.1, 0.15) is 57.6 Å². The SMILES string of the molecule is CCCC[C@H](N)C(=O)N[C@@H](Cc1ccc(O)cc1)C(=O)N[C@@H](CC(C)C)C(=O)NCCc1ccccc1. The fourth-order valence-electron chi connectivity index (χ4n) is 3.98. The molecule has 0 radical (unpaired) electrons. The topological polar surface area (TPSA) is 134 Å². The second kappa shape index (κ2) is 15.7. The molecule has 3 amide bonds. The van der Waals surface area contributed by atoms with Crippen molar-refractivity contribution in [2.75, 3.05) is 6.54 Å². The number of nitrogens with one attached hydrogen (secondary N) is 3. The highest BCUT2D eigenvalue weighted by atomic mass is 16.3. The molecule has 0 aliphatic rings. The Morgan fingerprint density at radius 1 is 0.865 bits per heavy atom. The van der Waals surface area contributed by atoms with Gasteiger partial charge in [-0.1, -0.05) is 76.1 Å². The summed E-state index contributed by atoms with van der Waals surface area (Å²) in [4.78, 5) is 39.1. The summed E-state index contributed by atoms with van der Waals surface area (Å²) in [6.45, 7) is 6.44. The summed E-state index contributed by atoms with van der Waals surface area (Å²) in [7, 11) is 0. The van der Waals surface area contributed by atoms with Gasteiger partial charge in [0.15, 0.2) is 0 Å². The number of phenolic OH excluding ortho intramolecular Hbond substituents is 1. The predicted molar refractivity (Wildman–Crippen MR) is 146 cm³/mol. The number of benzene rings is 2. The molecule has 0 heterocycles. The van der Waals surface area contributed by atoms with E-state index in [0.29, 0.717) is 25.8 Å². The molecule has 3 atom stereocenters. The van der Waals surface area contributed by atoms with Gasteiger partial charge in [0, 0.05) is 13.0 Å². The lowest BCUT2D eigenvalue weighted by atomic mass is 10.0. The van der Waals surface area contributed by atoms with Crippen LogP contribution in [0.4, 0.5) is 0 Å². The van der Waals surface area contributed by atoms with E-state index in [-0.39, 0.29) is 24.0 Å². The number of phenols is 1. The van der Waals surface area contributed by atoms with Gasteiger partial charge in [0.05, 0.1) is 6.04 Å². The van der Waals surface area contributed by atoms with E-state index in [4.69, 9.17) is 5.73 Å². The highest BCUT2D eigenvalue weighted by molar-refractivity contribution is 5.93. The second-order valence-corrected chi connectivity index (χ2v) is 9.90. The van der Waals surface area contributed by atoms with Crippen LogP contribution in [0.2, 0.25) is 0 Å². The zero-order valence-corrected chi connectivity index (χ0v) is 22.2. The van der Waals surface area contributed by atoms with Crippen molar-refractivity contribution in [1.29, 1.82) is 0 Å². The minimum absolute atomic E-state index is 0.111. The number of aromatic hydroxyl groups is 1. The van der Waals surface area contributed by atoms with Gasteiger partial charge in [-0.25, -0.2) is 0 Å². The molecule has 37 heavy (non-hydrogen) atoms. The van der Waals surface area contributed by atoms with Gasteiger partial charge in [0.2, 0.25) is 17.7 Å². The minimum Gasteiger partial charge on any atom is -0.508 e. The first-order valence-corrected chi connectivity index (χ1v) is 13.2. The molecule has 2 rings (SSSR count). The first-order chi connectivity index (χ1) is 17.7. The van der Waals surface area contributed by atoms with E-state index in [0.717, 1.165) is 24.0 Å². The summed E-state index contributed by atoms with van der Waals surface area (Å²) in [6.07, 6.45) is 3.58. The molecule has 2 aromatic rings. The Kier molecular flexibility index (Phi) is 12.6. The molecule has 0 spiro atoms. The molecule has 202 valence electrons. The molecule has 6 N–H and O–H groups in total. The molecular weight excluding hydrogens is 468 g/mol. The van der Waals surface area contributed by atoms with Crippen LogP contribution in [0.15, 0.2) is 54.6 Å².